The van der Waals surface area contributed by atoms with Crippen LogP contribution < -0.4 is 0 Å². The zero-order chi connectivity index (χ0) is 11.6. The highest BCUT2D eigenvalue weighted by Gasteiger charge is 2.22. The molecule has 0 heterocycles. The van der Waals surface area contributed by atoms with Crippen molar-refractivity contribution in [3.05, 3.63) is 37.9 Å². The van der Waals surface area contributed by atoms with E-state index in [-0.39, 0.29) is 15.6 Å². The van der Waals surface area contributed by atoms with Gasteiger partial charge in [-0.05, 0) is 6.07 Å². The van der Waals surface area contributed by atoms with Gasteiger partial charge in [-0.3, -0.25) is 10.1 Å². The average Bonchev–Trinajstić information content (AvgIpc) is 2.20. The van der Waals surface area contributed by atoms with Crippen LogP contribution in [-0.4, -0.2) is 18.0 Å². The van der Waals surface area contributed by atoms with Gasteiger partial charge in [-0.25, -0.2) is 4.79 Å². The van der Waals surface area contributed by atoms with Crippen molar-refractivity contribution >= 4 is 34.9 Å². The number of hydrogen-bond donors (Lipinski definition) is 0. The molecule has 0 atom stereocenters. The fourth-order valence-corrected chi connectivity index (χ4v) is 1.28. The lowest BCUT2D eigenvalue weighted by Gasteiger charge is -2.02. The third-order valence-electron chi connectivity index (χ3n) is 1.64. The SMILES string of the molecule is COC(=O)c1cc(Cl)c(Cl)cc1[N+](=O)[O-]. The van der Waals surface area contributed by atoms with Gasteiger partial charge < -0.3 is 4.74 Å². The Labute approximate surface area is 94.7 Å². The second-order valence-electron chi connectivity index (χ2n) is 2.53. The molecule has 1 aromatic rings. The predicted octanol–water partition coefficient (Wildman–Crippen LogP) is 2.69. The quantitative estimate of drug-likeness (QED) is 0.459. The van der Waals surface area contributed by atoms with E-state index in [1.807, 2.05) is 0 Å². The molecule has 0 aromatic heterocycles. The van der Waals surface area contributed by atoms with E-state index in [1.165, 1.54) is 0 Å². The summed E-state index contributed by atoms with van der Waals surface area (Å²) in [6, 6.07) is 2.12. The Kier molecular flexibility index (Phi) is 3.49. The topological polar surface area (TPSA) is 69.4 Å². The van der Waals surface area contributed by atoms with Gasteiger partial charge in [-0.2, -0.15) is 0 Å². The van der Waals surface area contributed by atoms with Gasteiger partial charge in [0.25, 0.3) is 5.69 Å². The third-order valence-corrected chi connectivity index (χ3v) is 2.36. The van der Waals surface area contributed by atoms with Crippen LogP contribution in [0.3, 0.4) is 0 Å². The molecular weight excluding hydrogens is 245 g/mol. The fourth-order valence-electron chi connectivity index (χ4n) is 0.961. The van der Waals surface area contributed by atoms with E-state index >= 15 is 0 Å². The van der Waals surface area contributed by atoms with Gasteiger partial charge in [0.1, 0.15) is 5.56 Å². The summed E-state index contributed by atoms with van der Waals surface area (Å²) in [5.74, 6) is -0.833. The van der Waals surface area contributed by atoms with Gasteiger partial charge in [-0.15, -0.1) is 0 Å². The molecule has 80 valence electrons. The summed E-state index contributed by atoms with van der Waals surface area (Å²) in [5, 5.41) is 10.7. The summed E-state index contributed by atoms with van der Waals surface area (Å²) in [6.45, 7) is 0. The molecule has 0 saturated heterocycles. The van der Waals surface area contributed by atoms with Crippen LogP contribution in [0, 0.1) is 10.1 Å². The summed E-state index contributed by atoms with van der Waals surface area (Å²) in [7, 11) is 1.12. The maximum atomic E-state index is 11.2. The molecule has 0 aliphatic rings. The summed E-state index contributed by atoms with van der Waals surface area (Å²) in [5.41, 5.74) is -0.659. The Morgan fingerprint density at radius 1 is 1.40 bits per heavy atom. The lowest BCUT2D eigenvalue weighted by molar-refractivity contribution is -0.385. The second kappa shape index (κ2) is 4.46. The Morgan fingerprint density at radius 2 is 1.93 bits per heavy atom. The number of benzene rings is 1. The highest BCUT2D eigenvalue weighted by Crippen LogP contribution is 2.30. The number of hydrogen-bond acceptors (Lipinski definition) is 4. The van der Waals surface area contributed by atoms with Crippen LogP contribution in [0.4, 0.5) is 5.69 Å². The summed E-state index contributed by atoms with van der Waals surface area (Å²) in [4.78, 5) is 21.0. The van der Waals surface area contributed by atoms with Gasteiger partial charge in [0.15, 0.2) is 0 Å². The number of carbonyl (C=O) groups excluding carboxylic acids is 1. The minimum atomic E-state index is -0.833. The van der Waals surface area contributed by atoms with Gasteiger partial charge >= 0.3 is 5.97 Å². The van der Waals surface area contributed by atoms with Crippen LogP contribution in [0.15, 0.2) is 12.1 Å². The standard InChI is InChI=1S/C8H5Cl2NO4/c1-15-8(12)4-2-5(9)6(10)3-7(4)11(13)14/h2-3H,1H3. The molecular formula is C8H5Cl2NO4. The molecule has 0 amide bonds. The number of nitro groups is 1. The van der Waals surface area contributed by atoms with E-state index in [9.17, 15) is 14.9 Å². The van der Waals surface area contributed by atoms with Crippen molar-refractivity contribution in [2.75, 3.05) is 7.11 Å². The molecule has 0 saturated carbocycles. The number of nitrogens with zero attached hydrogens (tertiary/aromatic N) is 1. The zero-order valence-electron chi connectivity index (χ0n) is 7.49. The number of methoxy groups -OCH3 is 1. The summed E-state index contributed by atoms with van der Waals surface area (Å²) in [6.07, 6.45) is 0. The van der Waals surface area contributed by atoms with Crippen LogP contribution in [0.25, 0.3) is 0 Å². The molecule has 1 aromatic carbocycles. The van der Waals surface area contributed by atoms with E-state index in [1.54, 1.807) is 0 Å². The molecule has 0 N–H and O–H groups in total. The molecule has 0 unspecified atom stereocenters. The molecule has 7 heteroatoms. The van der Waals surface area contributed by atoms with Crippen molar-refractivity contribution in [3.63, 3.8) is 0 Å². The monoisotopic (exact) mass is 249 g/mol. The minimum absolute atomic E-state index is 0.0102. The van der Waals surface area contributed by atoms with E-state index in [0.717, 1.165) is 19.2 Å². The van der Waals surface area contributed by atoms with Crippen LogP contribution in [-0.2, 0) is 4.74 Å². The van der Waals surface area contributed by atoms with Crippen molar-refractivity contribution < 1.29 is 14.5 Å². The number of esters is 1. The molecule has 0 radical (unpaired) electrons. The van der Waals surface area contributed by atoms with Crippen molar-refractivity contribution in [2.24, 2.45) is 0 Å². The first-order valence-corrected chi connectivity index (χ1v) is 4.44. The van der Waals surface area contributed by atoms with Gasteiger partial charge in [0, 0.05) is 6.07 Å². The highest BCUT2D eigenvalue weighted by molar-refractivity contribution is 6.42. The van der Waals surface area contributed by atoms with E-state index in [4.69, 9.17) is 23.2 Å². The molecule has 0 aliphatic carbocycles. The van der Waals surface area contributed by atoms with Gasteiger partial charge in [0.2, 0.25) is 0 Å². The van der Waals surface area contributed by atoms with E-state index in [0.29, 0.717) is 0 Å². The molecule has 5 nitrogen and oxygen atoms in total. The lowest BCUT2D eigenvalue weighted by Crippen LogP contribution is -2.05. The van der Waals surface area contributed by atoms with Crippen LogP contribution >= 0.6 is 23.2 Å². The molecule has 0 bridgehead atoms. The zero-order valence-corrected chi connectivity index (χ0v) is 9.00. The number of carbonyl (C=O) groups is 1. The van der Waals surface area contributed by atoms with Crippen LogP contribution in [0.5, 0.6) is 0 Å². The van der Waals surface area contributed by atoms with Crippen LogP contribution in [0.2, 0.25) is 10.0 Å². The van der Waals surface area contributed by atoms with Crippen molar-refractivity contribution in [2.45, 2.75) is 0 Å². The molecule has 15 heavy (non-hydrogen) atoms. The molecule has 0 aliphatic heterocycles. The fraction of sp³-hybridized carbons (Fsp3) is 0.125. The highest BCUT2D eigenvalue weighted by atomic mass is 35.5. The average molecular weight is 250 g/mol. The van der Waals surface area contributed by atoms with E-state index < -0.39 is 16.6 Å². The Balaban J connectivity index is 3.41. The molecule has 0 spiro atoms. The largest absolute Gasteiger partial charge is 0.465 e. The van der Waals surface area contributed by atoms with Crippen molar-refractivity contribution in [1.29, 1.82) is 0 Å². The van der Waals surface area contributed by atoms with Crippen LogP contribution in [0.1, 0.15) is 10.4 Å². The first-order chi connectivity index (χ1) is 6.97. The minimum Gasteiger partial charge on any atom is -0.465 e. The maximum absolute atomic E-state index is 11.2. The van der Waals surface area contributed by atoms with Crippen molar-refractivity contribution in [3.8, 4) is 0 Å². The lowest BCUT2D eigenvalue weighted by atomic mass is 10.2. The number of nitro benzene ring substituents is 1. The summed E-state index contributed by atoms with van der Waals surface area (Å²) < 4.78 is 4.38. The predicted molar refractivity (Wildman–Crippen MR) is 54.5 cm³/mol. The number of rotatable bonds is 2. The van der Waals surface area contributed by atoms with Crippen molar-refractivity contribution in [1.82, 2.24) is 0 Å². The Hall–Kier alpha value is -1.33. The maximum Gasteiger partial charge on any atom is 0.344 e. The van der Waals surface area contributed by atoms with Gasteiger partial charge in [-0.1, -0.05) is 23.2 Å². The van der Waals surface area contributed by atoms with Gasteiger partial charge in [0.05, 0.1) is 22.1 Å². The Bertz CT molecular complexity index is 433. The first-order valence-electron chi connectivity index (χ1n) is 3.69. The molecule has 0 fully saturated rings. The third kappa shape index (κ3) is 2.37. The second-order valence-corrected chi connectivity index (χ2v) is 3.35. The molecule has 1 rings (SSSR count). The number of ether oxygens (including phenoxy) is 1. The normalized spacial score (nSPS) is 9.80. The summed E-state index contributed by atoms with van der Waals surface area (Å²) >= 11 is 11.2. The van der Waals surface area contributed by atoms with E-state index in [2.05, 4.69) is 4.74 Å². The first kappa shape index (κ1) is 11.7. The number of halogens is 2. The smallest absolute Gasteiger partial charge is 0.344 e. The Morgan fingerprint density at radius 3 is 2.40 bits per heavy atom.